The number of hydrogen-bond acceptors (Lipinski definition) is 1. The van der Waals surface area contributed by atoms with Gasteiger partial charge in [0.15, 0.2) is 0 Å². The van der Waals surface area contributed by atoms with Crippen LogP contribution in [0.5, 0.6) is 0 Å². The van der Waals surface area contributed by atoms with Gasteiger partial charge in [-0.3, -0.25) is 4.79 Å². The minimum absolute atomic E-state index is 0. The van der Waals surface area contributed by atoms with E-state index in [-0.39, 0.29) is 24.8 Å². The fourth-order valence-electron chi connectivity index (χ4n) is 0.852. The Bertz CT molecular complexity index is 236. The van der Waals surface area contributed by atoms with Crippen molar-refractivity contribution in [3.05, 3.63) is 35.9 Å². The third kappa shape index (κ3) is 3.12. The van der Waals surface area contributed by atoms with Gasteiger partial charge in [-0.2, -0.15) is 0 Å². The van der Waals surface area contributed by atoms with Crippen molar-refractivity contribution < 1.29 is 23.7 Å². The van der Waals surface area contributed by atoms with Crippen LogP contribution in [0.1, 0.15) is 17.3 Å². The first kappa shape index (κ1) is 11.3. The molecular weight excluding hydrogens is 145 g/mol. The molecule has 1 aromatic carbocycles. The summed E-state index contributed by atoms with van der Waals surface area (Å²) in [6.07, 6.45) is 0. The summed E-state index contributed by atoms with van der Waals surface area (Å²) in [4.78, 5) is 11.1. The van der Waals surface area contributed by atoms with E-state index in [1.54, 1.807) is 12.1 Å². The third-order valence-electron chi connectivity index (χ3n) is 1.37. The van der Waals surface area contributed by atoms with Gasteiger partial charge in [0.05, 0.1) is 0 Å². The standard InChI is InChI=1S/C9H11NO.Li/c1-2-10-9(11)8-6-4-3-5-7-8;/h3-7H,2H2,1H3,(H,10,11);/q;+1. The normalized spacial score (nSPS) is 8.42. The summed E-state index contributed by atoms with van der Waals surface area (Å²) in [5, 5.41) is 2.72. The fraction of sp³-hybridized carbons (Fsp3) is 0.222. The SMILES string of the molecule is CCNC(=O)c1ccccc1.[Li+]. The monoisotopic (exact) mass is 156 g/mol. The molecule has 0 unspecified atom stereocenters. The summed E-state index contributed by atoms with van der Waals surface area (Å²) in [7, 11) is 0. The minimum Gasteiger partial charge on any atom is -0.352 e. The molecule has 0 spiro atoms. The van der Waals surface area contributed by atoms with Crippen LogP contribution in [-0.2, 0) is 0 Å². The number of hydrogen-bond donors (Lipinski definition) is 1. The van der Waals surface area contributed by atoms with Crippen LogP contribution < -0.4 is 24.2 Å². The molecule has 0 heterocycles. The fourth-order valence-corrected chi connectivity index (χ4v) is 0.852. The molecule has 2 nitrogen and oxygen atoms in total. The quantitative estimate of drug-likeness (QED) is 0.515. The molecule has 0 bridgehead atoms. The summed E-state index contributed by atoms with van der Waals surface area (Å²) in [5.41, 5.74) is 0.717. The first-order valence-electron chi connectivity index (χ1n) is 3.68. The van der Waals surface area contributed by atoms with E-state index in [4.69, 9.17) is 0 Å². The molecule has 1 rings (SSSR count). The van der Waals surface area contributed by atoms with Gasteiger partial charge in [0.2, 0.25) is 0 Å². The van der Waals surface area contributed by atoms with E-state index >= 15 is 0 Å². The Balaban J connectivity index is 0.00000121. The van der Waals surface area contributed by atoms with Crippen LogP contribution in [0, 0.1) is 0 Å². The van der Waals surface area contributed by atoms with Crippen molar-refractivity contribution >= 4 is 5.91 Å². The van der Waals surface area contributed by atoms with Gasteiger partial charge in [0, 0.05) is 12.1 Å². The molecular formula is C9H11LiNO+. The molecule has 58 valence electrons. The van der Waals surface area contributed by atoms with Crippen LogP contribution in [-0.4, -0.2) is 12.5 Å². The summed E-state index contributed by atoms with van der Waals surface area (Å²) in [6.45, 7) is 2.58. The van der Waals surface area contributed by atoms with Crippen LogP contribution in [0.15, 0.2) is 30.3 Å². The zero-order chi connectivity index (χ0) is 8.10. The van der Waals surface area contributed by atoms with Crippen molar-refractivity contribution in [2.24, 2.45) is 0 Å². The molecule has 0 fully saturated rings. The van der Waals surface area contributed by atoms with Gasteiger partial charge in [0.25, 0.3) is 5.91 Å². The summed E-state index contributed by atoms with van der Waals surface area (Å²) >= 11 is 0. The Kier molecular flexibility index (Phi) is 5.53. The van der Waals surface area contributed by atoms with Crippen LogP contribution in [0.2, 0.25) is 0 Å². The largest absolute Gasteiger partial charge is 1.00 e. The van der Waals surface area contributed by atoms with E-state index in [9.17, 15) is 4.79 Å². The maximum atomic E-state index is 11.1. The molecule has 3 heteroatoms. The molecule has 12 heavy (non-hydrogen) atoms. The van der Waals surface area contributed by atoms with E-state index in [2.05, 4.69) is 5.32 Å². The van der Waals surface area contributed by atoms with E-state index in [1.165, 1.54) is 0 Å². The van der Waals surface area contributed by atoms with Crippen LogP contribution >= 0.6 is 0 Å². The number of nitrogens with one attached hydrogen (secondary N) is 1. The Morgan fingerprint density at radius 1 is 1.33 bits per heavy atom. The van der Waals surface area contributed by atoms with Gasteiger partial charge in [-0.1, -0.05) is 18.2 Å². The zero-order valence-electron chi connectivity index (χ0n) is 7.50. The summed E-state index contributed by atoms with van der Waals surface area (Å²) < 4.78 is 0. The number of amides is 1. The van der Waals surface area contributed by atoms with Crippen LogP contribution in [0.3, 0.4) is 0 Å². The van der Waals surface area contributed by atoms with Crippen LogP contribution in [0.4, 0.5) is 0 Å². The number of carbonyl (C=O) groups is 1. The van der Waals surface area contributed by atoms with Gasteiger partial charge in [0.1, 0.15) is 0 Å². The second-order valence-corrected chi connectivity index (χ2v) is 2.23. The second-order valence-electron chi connectivity index (χ2n) is 2.23. The van der Waals surface area contributed by atoms with Gasteiger partial charge < -0.3 is 5.32 Å². The Labute approximate surface area is 84.5 Å². The molecule has 0 atom stereocenters. The molecule has 0 saturated heterocycles. The van der Waals surface area contributed by atoms with Crippen molar-refractivity contribution in [1.82, 2.24) is 5.32 Å². The molecule has 0 aromatic heterocycles. The van der Waals surface area contributed by atoms with Gasteiger partial charge in [-0.25, -0.2) is 0 Å². The molecule has 0 saturated carbocycles. The predicted molar refractivity (Wildman–Crippen MR) is 44.4 cm³/mol. The second kappa shape index (κ2) is 5.88. The first-order valence-corrected chi connectivity index (χ1v) is 3.68. The molecule has 1 aromatic rings. The Morgan fingerprint density at radius 2 is 1.92 bits per heavy atom. The van der Waals surface area contributed by atoms with E-state index in [1.807, 2.05) is 25.1 Å². The van der Waals surface area contributed by atoms with Crippen LogP contribution in [0.25, 0.3) is 0 Å². The maximum Gasteiger partial charge on any atom is 1.00 e. The van der Waals surface area contributed by atoms with Gasteiger partial charge in [-0.15, -0.1) is 0 Å². The first-order chi connectivity index (χ1) is 5.34. The zero-order valence-corrected chi connectivity index (χ0v) is 7.50. The van der Waals surface area contributed by atoms with Crippen molar-refractivity contribution in [3.8, 4) is 0 Å². The predicted octanol–water partition coefficient (Wildman–Crippen LogP) is -1.56. The third-order valence-corrected chi connectivity index (χ3v) is 1.37. The average Bonchev–Trinajstić information content (AvgIpc) is 2.07. The van der Waals surface area contributed by atoms with Crippen molar-refractivity contribution in [2.45, 2.75) is 6.92 Å². The topological polar surface area (TPSA) is 29.1 Å². The number of carbonyl (C=O) groups excluding carboxylic acids is 1. The molecule has 0 aliphatic carbocycles. The Hall–Kier alpha value is -0.713. The maximum absolute atomic E-state index is 11.1. The van der Waals surface area contributed by atoms with E-state index in [0.29, 0.717) is 12.1 Å². The molecule has 1 amide bonds. The smallest absolute Gasteiger partial charge is 0.352 e. The molecule has 0 radical (unpaired) electrons. The molecule has 0 aliphatic rings. The Morgan fingerprint density at radius 3 is 2.42 bits per heavy atom. The molecule has 1 N–H and O–H groups in total. The number of rotatable bonds is 2. The minimum atomic E-state index is -0.00639. The van der Waals surface area contributed by atoms with Crippen molar-refractivity contribution in [2.75, 3.05) is 6.54 Å². The summed E-state index contributed by atoms with van der Waals surface area (Å²) in [5.74, 6) is -0.00639. The summed E-state index contributed by atoms with van der Waals surface area (Å²) in [6, 6.07) is 9.19. The van der Waals surface area contributed by atoms with Crippen molar-refractivity contribution in [1.29, 1.82) is 0 Å². The van der Waals surface area contributed by atoms with Gasteiger partial charge in [-0.05, 0) is 19.1 Å². The number of benzene rings is 1. The van der Waals surface area contributed by atoms with Gasteiger partial charge >= 0.3 is 18.9 Å². The average molecular weight is 156 g/mol. The van der Waals surface area contributed by atoms with E-state index < -0.39 is 0 Å². The van der Waals surface area contributed by atoms with E-state index in [0.717, 1.165) is 0 Å². The molecule has 0 aliphatic heterocycles. The van der Waals surface area contributed by atoms with Crippen molar-refractivity contribution in [3.63, 3.8) is 0 Å².